The minimum absolute atomic E-state index is 0.291. The summed E-state index contributed by atoms with van der Waals surface area (Å²) in [5.41, 5.74) is 1.17. The molecule has 1 fully saturated rings. The van der Waals surface area contributed by atoms with Gasteiger partial charge in [-0.2, -0.15) is 0 Å². The zero-order valence-corrected chi connectivity index (χ0v) is 14.9. The van der Waals surface area contributed by atoms with Gasteiger partial charge in [-0.1, -0.05) is 19.4 Å². The third-order valence-electron chi connectivity index (χ3n) is 5.11. The molecule has 1 aliphatic carbocycles. The number of nitrogens with zero attached hydrogens (tertiary/aromatic N) is 4. The lowest BCUT2D eigenvalue weighted by Gasteiger charge is -2.14. The van der Waals surface area contributed by atoms with Gasteiger partial charge in [0.25, 0.3) is 0 Å². The second kappa shape index (κ2) is 8.49. The summed E-state index contributed by atoms with van der Waals surface area (Å²) in [6, 6.07) is 4.96. The fourth-order valence-corrected chi connectivity index (χ4v) is 3.49. The summed E-state index contributed by atoms with van der Waals surface area (Å²) in [7, 11) is 2.00. The Morgan fingerprint density at radius 1 is 1.44 bits per heavy atom. The van der Waals surface area contributed by atoms with Gasteiger partial charge >= 0.3 is 0 Å². The Hall–Kier alpha value is -1.86. The maximum absolute atomic E-state index is 14.2. The Labute approximate surface area is 147 Å². The molecule has 3 rings (SSSR count). The van der Waals surface area contributed by atoms with Gasteiger partial charge in [0, 0.05) is 11.6 Å². The number of benzene rings is 1. The molecule has 1 N–H and O–H groups in total. The second-order valence-corrected chi connectivity index (χ2v) is 6.77. The molecule has 1 aliphatic rings. The van der Waals surface area contributed by atoms with E-state index >= 15 is 0 Å². The molecule has 0 aliphatic heterocycles. The molecule has 25 heavy (non-hydrogen) atoms. The van der Waals surface area contributed by atoms with E-state index in [1.54, 1.807) is 12.1 Å². The van der Waals surface area contributed by atoms with Gasteiger partial charge in [-0.05, 0) is 60.7 Å². The van der Waals surface area contributed by atoms with E-state index < -0.39 is 0 Å². The first-order chi connectivity index (χ1) is 12.2. The average Bonchev–Trinajstić information content (AvgIpc) is 3.16. The van der Waals surface area contributed by atoms with Crippen molar-refractivity contribution < 1.29 is 9.13 Å². The van der Waals surface area contributed by atoms with Crippen LogP contribution in [0.1, 0.15) is 31.7 Å². The van der Waals surface area contributed by atoms with Gasteiger partial charge in [0.2, 0.25) is 0 Å². The van der Waals surface area contributed by atoms with Gasteiger partial charge in [0.05, 0.1) is 18.9 Å². The molecule has 0 spiro atoms. The van der Waals surface area contributed by atoms with Crippen molar-refractivity contribution in [3.05, 3.63) is 35.9 Å². The lowest BCUT2D eigenvalue weighted by atomic mass is 9.95. The first-order valence-corrected chi connectivity index (χ1v) is 8.97. The van der Waals surface area contributed by atoms with E-state index in [2.05, 4.69) is 27.8 Å². The molecule has 1 saturated carbocycles. The summed E-state index contributed by atoms with van der Waals surface area (Å²) in [6.07, 6.45) is 5.12. The minimum Gasteiger partial charge on any atom is -0.376 e. The molecule has 2 aromatic rings. The summed E-state index contributed by atoms with van der Waals surface area (Å²) < 4.78 is 21.4. The van der Waals surface area contributed by atoms with E-state index in [1.807, 2.05) is 7.05 Å². The number of halogens is 1. The standard InChI is InChI=1S/C18H26FN5O/c1-3-13(6-7-20-2)17-8-15(17)11-25-10-14-4-5-16(9-18(14)19)24-12-21-22-23-24/h4-5,9,12-13,15,17,20H,3,6-8,10-11H2,1-2H3. The number of aromatic nitrogens is 4. The van der Waals surface area contributed by atoms with Crippen molar-refractivity contribution in [2.75, 3.05) is 20.2 Å². The van der Waals surface area contributed by atoms with Crippen LogP contribution in [-0.2, 0) is 11.3 Å². The molecule has 136 valence electrons. The molecule has 1 aromatic carbocycles. The Bertz CT molecular complexity index is 663. The molecular formula is C18H26FN5O. The van der Waals surface area contributed by atoms with Crippen LogP contribution < -0.4 is 5.32 Å². The van der Waals surface area contributed by atoms with Gasteiger partial charge in [0.15, 0.2) is 0 Å². The average molecular weight is 347 g/mol. The Kier molecular flexibility index (Phi) is 6.09. The number of nitrogens with one attached hydrogen (secondary N) is 1. The van der Waals surface area contributed by atoms with E-state index in [4.69, 9.17) is 4.74 Å². The van der Waals surface area contributed by atoms with Crippen molar-refractivity contribution in [3.63, 3.8) is 0 Å². The first-order valence-electron chi connectivity index (χ1n) is 8.97. The highest BCUT2D eigenvalue weighted by Gasteiger charge is 2.41. The summed E-state index contributed by atoms with van der Waals surface area (Å²) in [4.78, 5) is 0. The third-order valence-corrected chi connectivity index (χ3v) is 5.11. The predicted octanol–water partition coefficient (Wildman–Crippen LogP) is 2.59. The van der Waals surface area contributed by atoms with Gasteiger partial charge in [-0.15, -0.1) is 5.10 Å². The lowest BCUT2D eigenvalue weighted by molar-refractivity contribution is 0.102. The van der Waals surface area contributed by atoms with E-state index in [9.17, 15) is 4.39 Å². The maximum Gasteiger partial charge on any atom is 0.143 e. The normalized spacial score (nSPS) is 20.6. The summed E-state index contributed by atoms with van der Waals surface area (Å²) in [5.74, 6) is 1.88. The monoisotopic (exact) mass is 347 g/mol. The Morgan fingerprint density at radius 3 is 3.00 bits per heavy atom. The van der Waals surface area contributed by atoms with Crippen LogP contribution in [0.2, 0.25) is 0 Å². The zero-order chi connectivity index (χ0) is 17.6. The highest BCUT2D eigenvalue weighted by molar-refractivity contribution is 5.34. The Morgan fingerprint density at radius 2 is 2.32 bits per heavy atom. The van der Waals surface area contributed by atoms with Crippen LogP contribution in [0.5, 0.6) is 0 Å². The van der Waals surface area contributed by atoms with E-state index in [-0.39, 0.29) is 5.82 Å². The van der Waals surface area contributed by atoms with Crippen molar-refractivity contribution in [1.82, 2.24) is 25.5 Å². The molecule has 0 amide bonds. The zero-order valence-electron chi connectivity index (χ0n) is 14.9. The highest BCUT2D eigenvalue weighted by atomic mass is 19.1. The Balaban J connectivity index is 1.45. The summed E-state index contributed by atoms with van der Waals surface area (Å²) in [6.45, 7) is 4.35. The minimum atomic E-state index is -0.291. The van der Waals surface area contributed by atoms with Gasteiger partial charge in [0.1, 0.15) is 12.1 Å². The maximum atomic E-state index is 14.2. The number of hydrogen-bond donors (Lipinski definition) is 1. The van der Waals surface area contributed by atoms with Crippen LogP contribution in [0.3, 0.4) is 0 Å². The molecular weight excluding hydrogens is 321 g/mol. The second-order valence-electron chi connectivity index (χ2n) is 6.77. The van der Waals surface area contributed by atoms with Crippen molar-refractivity contribution in [3.8, 4) is 5.69 Å². The van der Waals surface area contributed by atoms with Gasteiger partial charge in [-0.3, -0.25) is 0 Å². The lowest BCUT2D eigenvalue weighted by Crippen LogP contribution is -2.15. The third kappa shape index (κ3) is 4.61. The molecule has 0 saturated heterocycles. The molecule has 3 atom stereocenters. The van der Waals surface area contributed by atoms with Gasteiger partial charge in [-0.25, -0.2) is 9.07 Å². The van der Waals surface area contributed by atoms with Crippen LogP contribution in [0.4, 0.5) is 4.39 Å². The molecule has 6 nitrogen and oxygen atoms in total. The van der Waals surface area contributed by atoms with E-state index in [1.165, 1.54) is 36.3 Å². The van der Waals surface area contributed by atoms with Crippen molar-refractivity contribution >= 4 is 0 Å². The van der Waals surface area contributed by atoms with Crippen molar-refractivity contribution in [2.45, 2.75) is 32.8 Å². The fraction of sp³-hybridized carbons (Fsp3) is 0.611. The van der Waals surface area contributed by atoms with Crippen LogP contribution in [0.15, 0.2) is 24.5 Å². The van der Waals surface area contributed by atoms with Gasteiger partial charge < -0.3 is 10.1 Å². The summed E-state index contributed by atoms with van der Waals surface area (Å²) in [5, 5.41) is 14.1. The van der Waals surface area contributed by atoms with Crippen LogP contribution in [0, 0.1) is 23.6 Å². The number of hydrogen-bond acceptors (Lipinski definition) is 5. The molecule has 0 bridgehead atoms. The number of tetrazole rings is 1. The SMILES string of the molecule is CCC(CCNC)C1CC1COCc1ccc(-n2cnnn2)cc1F. The quantitative estimate of drug-likeness (QED) is 0.716. The number of ether oxygens (including phenoxy) is 1. The predicted molar refractivity (Wildman–Crippen MR) is 92.7 cm³/mol. The van der Waals surface area contributed by atoms with Crippen molar-refractivity contribution in [1.29, 1.82) is 0 Å². The van der Waals surface area contributed by atoms with Crippen molar-refractivity contribution in [2.24, 2.45) is 17.8 Å². The molecule has 7 heteroatoms. The van der Waals surface area contributed by atoms with Crippen LogP contribution >= 0.6 is 0 Å². The smallest absolute Gasteiger partial charge is 0.143 e. The first kappa shape index (κ1) is 17.9. The number of rotatable bonds is 10. The van der Waals surface area contributed by atoms with E-state index in [0.29, 0.717) is 23.8 Å². The topological polar surface area (TPSA) is 64.9 Å². The molecule has 1 aromatic heterocycles. The summed E-state index contributed by atoms with van der Waals surface area (Å²) >= 11 is 0. The van der Waals surface area contributed by atoms with Crippen LogP contribution in [0.25, 0.3) is 5.69 Å². The molecule has 1 heterocycles. The largest absolute Gasteiger partial charge is 0.376 e. The highest BCUT2D eigenvalue weighted by Crippen LogP contribution is 2.46. The molecule has 0 radical (unpaired) electrons. The van der Waals surface area contributed by atoms with Crippen LogP contribution in [-0.4, -0.2) is 40.4 Å². The molecule has 3 unspecified atom stereocenters. The van der Waals surface area contributed by atoms with E-state index in [0.717, 1.165) is 25.0 Å². The fourth-order valence-electron chi connectivity index (χ4n) is 3.49.